The van der Waals surface area contributed by atoms with E-state index in [1.807, 2.05) is 0 Å². The van der Waals surface area contributed by atoms with Crippen LogP contribution in [0.3, 0.4) is 0 Å². The minimum atomic E-state index is 0.502. The fourth-order valence-corrected chi connectivity index (χ4v) is 1.53. The normalized spacial score (nSPS) is 16.2. The van der Waals surface area contributed by atoms with Gasteiger partial charge in [0, 0.05) is 3.57 Å². The van der Waals surface area contributed by atoms with Gasteiger partial charge in [-0.1, -0.05) is 6.07 Å². The summed E-state index contributed by atoms with van der Waals surface area (Å²) in [5, 5.41) is 0. The Morgan fingerprint density at radius 2 is 2.17 bits per heavy atom. The van der Waals surface area contributed by atoms with Crippen molar-refractivity contribution in [2.45, 2.75) is 25.9 Å². The van der Waals surface area contributed by atoms with Crippen molar-refractivity contribution >= 4 is 22.6 Å². The van der Waals surface area contributed by atoms with Gasteiger partial charge in [0.1, 0.15) is 5.75 Å². The highest BCUT2D eigenvalue weighted by Crippen LogP contribution is 2.29. The quantitative estimate of drug-likeness (QED) is 0.753. The summed E-state index contributed by atoms with van der Waals surface area (Å²) in [6, 6.07) is 6.32. The second-order valence-corrected chi connectivity index (χ2v) is 4.47. The Kier molecular flexibility index (Phi) is 2.26. The summed E-state index contributed by atoms with van der Waals surface area (Å²) in [4.78, 5) is 0. The summed E-state index contributed by atoms with van der Waals surface area (Å²) in [6.45, 7) is 2.09. The average molecular weight is 274 g/mol. The van der Waals surface area contributed by atoms with E-state index in [2.05, 4.69) is 47.7 Å². The Morgan fingerprint density at radius 3 is 2.83 bits per heavy atom. The largest absolute Gasteiger partial charge is 0.490 e. The predicted octanol–water partition coefficient (Wildman–Crippen LogP) is 3.14. The van der Waals surface area contributed by atoms with Crippen LogP contribution in [0.15, 0.2) is 18.2 Å². The standard InChI is InChI=1S/C10H11IO/c1-7-2-3-8(11)6-10(7)12-9-4-5-9/h2-3,6,9H,4-5H2,1H3. The third-order valence-corrected chi connectivity index (χ3v) is 2.64. The van der Waals surface area contributed by atoms with Crippen molar-refractivity contribution in [2.24, 2.45) is 0 Å². The first-order chi connectivity index (χ1) is 5.75. The van der Waals surface area contributed by atoms with E-state index in [0.717, 1.165) is 5.75 Å². The summed E-state index contributed by atoms with van der Waals surface area (Å²) < 4.78 is 6.98. The van der Waals surface area contributed by atoms with Gasteiger partial charge < -0.3 is 4.74 Å². The molecule has 0 bridgehead atoms. The van der Waals surface area contributed by atoms with Gasteiger partial charge in [-0.2, -0.15) is 0 Å². The lowest BCUT2D eigenvalue weighted by atomic mass is 10.2. The molecule has 1 aliphatic carbocycles. The minimum absolute atomic E-state index is 0.502. The van der Waals surface area contributed by atoms with E-state index in [9.17, 15) is 0 Å². The number of hydrogen-bond acceptors (Lipinski definition) is 1. The smallest absolute Gasteiger partial charge is 0.123 e. The van der Waals surface area contributed by atoms with Crippen LogP contribution in [0, 0.1) is 10.5 Å². The van der Waals surface area contributed by atoms with Crippen molar-refractivity contribution in [3.63, 3.8) is 0 Å². The van der Waals surface area contributed by atoms with Gasteiger partial charge >= 0.3 is 0 Å². The van der Waals surface area contributed by atoms with Gasteiger partial charge in [0.25, 0.3) is 0 Å². The summed E-state index contributed by atoms with van der Waals surface area (Å²) in [6.07, 6.45) is 2.96. The monoisotopic (exact) mass is 274 g/mol. The van der Waals surface area contributed by atoms with Gasteiger partial charge in [-0.05, 0) is 60.1 Å². The molecule has 1 aromatic rings. The molecule has 0 radical (unpaired) electrons. The first-order valence-electron chi connectivity index (χ1n) is 4.18. The average Bonchev–Trinajstić information content (AvgIpc) is 2.81. The van der Waals surface area contributed by atoms with Crippen LogP contribution in [-0.4, -0.2) is 6.10 Å². The van der Waals surface area contributed by atoms with Gasteiger partial charge in [0.2, 0.25) is 0 Å². The molecule has 1 nitrogen and oxygen atoms in total. The maximum atomic E-state index is 5.73. The molecule has 0 aliphatic heterocycles. The van der Waals surface area contributed by atoms with Crippen LogP contribution in [0.5, 0.6) is 5.75 Å². The zero-order valence-corrected chi connectivity index (χ0v) is 9.17. The SMILES string of the molecule is Cc1ccc(I)cc1OC1CC1. The van der Waals surface area contributed by atoms with Crippen LogP contribution in [0.25, 0.3) is 0 Å². The molecule has 2 heteroatoms. The highest BCUT2D eigenvalue weighted by atomic mass is 127. The molecule has 1 saturated carbocycles. The molecule has 1 aromatic carbocycles. The Hall–Kier alpha value is -0.250. The molecule has 1 aliphatic rings. The molecule has 0 atom stereocenters. The van der Waals surface area contributed by atoms with E-state index in [0.29, 0.717) is 6.10 Å². The fourth-order valence-electron chi connectivity index (χ4n) is 1.07. The summed E-state index contributed by atoms with van der Waals surface area (Å²) in [5.41, 5.74) is 1.24. The van der Waals surface area contributed by atoms with Gasteiger partial charge in [0.05, 0.1) is 6.10 Å². The van der Waals surface area contributed by atoms with Crippen LogP contribution in [0.4, 0.5) is 0 Å². The van der Waals surface area contributed by atoms with Crippen molar-refractivity contribution in [2.75, 3.05) is 0 Å². The second kappa shape index (κ2) is 3.24. The Labute approximate surface area is 86.3 Å². The molecule has 0 amide bonds. The number of benzene rings is 1. The summed E-state index contributed by atoms with van der Waals surface area (Å²) >= 11 is 2.31. The number of hydrogen-bond donors (Lipinski definition) is 0. The van der Waals surface area contributed by atoms with Crippen LogP contribution in [-0.2, 0) is 0 Å². The van der Waals surface area contributed by atoms with Crippen LogP contribution in [0.2, 0.25) is 0 Å². The Morgan fingerprint density at radius 1 is 1.42 bits per heavy atom. The highest BCUT2D eigenvalue weighted by Gasteiger charge is 2.23. The lowest BCUT2D eigenvalue weighted by Gasteiger charge is -2.07. The molecule has 0 unspecified atom stereocenters. The molecular weight excluding hydrogens is 263 g/mol. The number of aryl methyl sites for hydroxylation is 1. The summed E-state index contributed by atoms with van der Waals surface area (Å²) in [5.74, 6) is 1.06. The van der Waals surface area contributed by atoms with Crippen LogP contribution >= 0.6 is 22.6 Å². The maximum Gasteiger partial charge on any atom is 0.123 e. The van der Waals surface area contributed by atoms with E-state index in [1.54, 1.807) is 0 Å². The predicted molar refractivity (Wildman–Crippen MR) is 57.5 cm³/mol. The molecule has 64 valence electrons. The molecule has 0 heterocycles. The zero-order valence-electron chi connectivity index (χ0n) is 7.01. The first-order valence-corrected chi connectivity index (χ1v) is 5.26. The molecule has 0 N–H and O–H groups in total. The second-order valence-electron chi connectivity index (χ2n) is 3.23. The number of halogens is 1. The summed E-state index contributed by atoms with van der Waals surface area (Å²) in [7, 11) is 0. The van der Waals surface area contributed by atoms with E-state index < -0.39 is 0 Å². The zero-order chi connectivity index (χ0) is 8.55. The van der Waals surface area contributed by atoms with Crippen molar-refractivity contribution in [1.82, 2.24) is 0 Å². The van der Waals surface area contributed by atoms with Crippen molar-refractivity contribution in [3.05, 3.63) is 27.3 Å². The molecule has 12 heavy (non-hydrogen) atoms. The fraction of sp³-hybridized carbons (Fsp3) is 0.400. The third-order valence-electron chi connectivity index (χ3n) is 1.97. The van der Waals surface area contributed by atoms with Crippen molar-refractivity contribution in [1.29, 1.82) is 0 Å². The topological polar surface area (TPSA) is 9.23 Å². The van der Waals surface area contributed by atoms with Crippen LogP contribution < -0.4 is 4.74 Å². The van der Waals surface area contributed by atoms with Gasteiger partial charge in [0.15, 0.2) is 0 Å². The maximum absolute atomic E-state index is 5.73. The van der Waals surface area contributed by atoms with E-state index in [1.165, 1.54) is 22.0 Å². The van der Waals surface area contributed by atoms with Gasteiger partial charge in [-0.3, -0.25) is 0 Å². The highest BCUT2D eigenvalue weighted by molar-refractivity contribution is 14.1. The lowest BCUT2D eigenvalue weighted by molar-refractivity contribution is 0.301. The van der Waals surface area contributed by atoms with E-state index >= 15 is 0 Å². The number of rotatable bonds is 2. The molecule has 0 spiro atoms. The Bertz CT molecular complexity index is 292. The lowest BCUT2D eigenvalue weighted by Crippen LogP contribution is -1.97. The van der Waals surface area contributed by atoms with Gasteiger partial charge in [-0.15, -0.1) is 0 Å². The van der Waals surface area contributed by atoms with Gasteiger partial charge in [-0.25, -0.2) is 0 Å². The van der Waals surface area contributed by atoms with E-state index in [-0.39, 0.29) is 0 Å². The molecular formula is C10H11IO. The Balaban J connectivity index is 2.21. The van der Waals surface area contributed by atoms with Crippen molar-refractivity contribution in [3.8, 4) is 5.75 Å². The minimum Gasteiger partial charge on any atom is -0.490 e. The van der Waals surface area contributed by atoms with Crippen LogP contribution in [0.1, 0.15) is 18.4 Å². The molecule has 0 aromatic heterocycles. The number of ether oxygens (including phenoxy) is 1. The molecule has 2 rings (SSSR count). The third kappa shape index (κ3) is 1.91. The van der Waals surface area contributed by atoms with E-state index in [4.69, 9.17) is 4.74 Å². The first kappa shape index (κ1) is 8.35. The van der Waals surface area contributed by atoms with Crippen molar-refractivity contribution < 1.29 is 4.74 Å². The molecule has 0 saturated heterocycles. The molecule has 1 fully saturated rings.